The topological polar surface area (TPSA) is 87.7 Å². The maximum absolute atomic E-state index is 12.1. The average Bonchev–Trinajstić information content (AvgIpc) is 2.82. The monoisotopic (exact) mass is 272 g/mol. The van der Waals surface area contributed by atoms with Gasteiger partial charge in [0, 0.05) is 6.04 Å². The highest BCUT2D eigenvalue weighted by Gasteiger charge is 2.35. The Balaban J connectivity index is 2.53. The van der Waals surface area contributed by atoms with Crippen LogP contribution in [0.15, 0.2) is 0 Å². The van der Waals surface area contributed by atoms with Gasteiger partial charge in [-0.2, -0.15) is 0 Å². The molecule has 1 aliphatic rings. The van der Waals surface area contributed by atoms with Gasteiger partial charge in [-0.25, -0.2) is 4.79 Å². The van der Waals surface area contributed by atoms with E-state index >= 15 is 0 Å². The van der Waals surface area contributed by atoms with Crippen molar-refractivity contribution in [3.63, 3.8) is 0 Å². The van der Waals surface area contributed by atoms with Crippen molar-refractivity contribution in [1.29, 1.82) is 0 Å². The third-order valence-corrected chi connectivity index (χ3v) is 3.34. The Kier molecular flexibility index (Phi) is 6.80. The van der Waals surface area contributed by atoms with Gasteiger partial charge in [-0.15, -0.1) is 0 Å². The van der Waals surface area contributed by atoms with Crippen LogP contribution in [-0.4, -0.2) is 48.8 Å². The second-order valence-electron chi connectivity index (χ2n) is 4.85. The number of amides is 1. The zero-order valence-corrected chi connectivity index (χ0v) is 11.6. The maximum Gasteiger partial charge on any atom is 0.326 e. The lowest BCUT2D eigenvalue weighted by molar-refractivity contribution is -0.142. The summed E-state index contributed by atoms with van der Waals surface area (Å²) in [5.41, 5.74) is 0. The molecule has 0 aromatic rings. The van der Waals surface area contributed by atoms with E-state index in [2.05, 4.69) is 10.6 Å². The van der Waals surface area contributed by atoms with Crippen LogP contribution in [0.1, 0.15) is 33.1 Å². The van der Waals surface area contributed by atoms with Crippen LogP contribution < -0.4 is 10.6 Å². The Hall–Kier alpha value is -1.14. The molecule has 0 aromatic carbocycles. The summed E-state index contributed by atoms with van der Waals surface area (Å²) in [6.45, 7) is 5.57. The number of carboxylic acid groups (broad SMARTS) is 1. The molecule has 6 nitrogen and oxygen atoms in total. The standard InChI is InChI=1S/C13H24N2O4/c1-3-5-6-10(13(17)18)15-12(16)9-7-19-8-11(9)14-4-2/h9-11,14H,3-8H2,1-2H3,(H,15,16)(H,17,18). The SMILES string of the molecule is CCCCC(NC(=O)C1COCC1NCC)C(=O)O. The summed E-state index contributed by atoms with van der Waals surface area (Å²) < 4.78 is 5.30. The molecular formula is C13H24N2O4. The highest BCUT2D eigenvalue weighted by atomic mass is 16.5. The van der Waals surface area contributed by atoms with Gasteiger partial charge in [-0.05, 0) is 13.0 Å². The number of aliphatic carboxylic acids is 1. The number of carbonyl (C=O) groups excluding carboxylic acids is 1. The van der Waals surface area contributed by atoms with Crippen molar-refractivity contribution in [2.75, 3.05) is 19.8 Å². The van der Waals surface area contributed by atoms with E-state index in [0.29, 0.717) is 19.6 Å². The van der Waals surface area contributed by atoms with E-state index in [4.69, 9.17) is 9.84 Å². The smallest absolute Gasteiger partial charge is 0.326 e. The molecule has 3 N–H and O–H groups in total. The molecule has 1 rings (SSSR count). The molecule has 3 unspecified atom stereocenters. The van der Waals surface area contributed by atoms with Crippen molar-refractivity contribution < 1.29 is 19.4 Å². The van der Waals surface area contributed by atoms with E-state index in [1.807, 2.05) is 13.8 Å². The lowest BCUT2D eigenvalue weighted by Gasteiger charge is -2.20. The highest BCUT2D eigenvalue weighted by Crippen LogP contribution is 2.14. The van der Waals surface area contributed by atoms with Gasteiger partial charge >= 0.3 is 5.97 Å². The molecule has 1 fully saturated rings. The number of likely N-dealkylation sites (N-methyl/N-ethyl adjacent to an activating group) is 1. The number of hydrogen-bond acceptors (Lipinski definition) is 4. The minimum Gasteiger partial charge on any atom is -0.480 e. The number of hydrogen-bond donors (Lipinski definition) is 3. The molecule has 6 heteroatoms. The first-order valence-electron chi connectivity index (χ1n) is 6.94. The Morgan fingerprint density at radius 3 is 2.68 bits per heavy atom. The van der Waals surface area contributed by atoms with Gasteiger partial charge in [0.25, 0.3) is 0 Å². The fourth-order valence-electron chi connectivity index (χ4n) is 2.22. The van der Waals surface area contributed by atoms with Gasteiger partial charge in [0.15, 0.2) is 0 Å². The molecule has 110 valence electrons. The summed E-state index contributed by atoms with van der Waals surface area (Å²) in [4.78, 5) is 23.2. The molecular weight excluding hydrogens is 248 g/mol. The van der Waals surface area contributed by atoms with Crippen LogP contribution in [0, 0.1) is 5.92 Å². The number of unbranched alkanes of at least 4 members (excludes halogenated alkanes) is 1. The molecule has 1 heterocycles. The minimum absolute atomic E-state index is 0.0226. The van der Waals surface area contributed by atoms with Crippen molar-refractivity contribution in [2.45, 2.75) is 45.2 Å². The lowest BCUT2D eigenvalue weighted by atomic mass is 10.0. The summed E-state index contributed by atoms with van der Waals surface area (Å²) in [6, 6.07) is -0.819. The molecule has 0 radical (unpaired) electrons. The fraction of sp³-hybridized carbons (Fsp3) is 0.846. The van der Waals surface area contributed by atoms with Crippen LogP contribution in [0.5, 0.6) is 0 Å². The highest BCUT2D eigenvalue weighted by molar-refractivity contribution is 5.85. The summed E-state index contributed by atoms with van der Waals surface area (Å²) in [6.07, 6.45) is 2.16. The molecule has 0 aliphatic carbocycles. The molecule has 0 spiro atoms. The minimum atomic E-state index is -0.972. The van der Waals surface area contributed by atoms with Crippen molar-refractivity contribution in [3.8, 4) is 0 Å². The first-order chi connectivity index (χ1) is 9.10. The average molecular weight is 272 g/mol. The molecule has 0 saturated carbocycles. The van der Waals surface area contributed by atoms with Crippen LogP contribution >= 0.6 is 0 Å². The maximum atomic E-state index is 12.1. The van der Waals surface area contributed by atoms with Crippen molar-refractivity contribution in [3.05, 3.63) is 0 Å². The molecule has 1 aliphatic heterocycles. The second-order valence-corrected chi connectivity index (χ2v) is 4.85. The molecule has 0 aromatic heterocycles. The third kappa shape index (κ3) is 4.80. The first-order valence-corrected chi connectivity index (χ1v) is 6.94. The van der Waals surface area contributed by atoms with Crippen LogP contribution in [0.25, 0.3) is 0 Å². The van der Waals surface area contributed by atoms with Crippen LogP contribution in [0.3, 0.4) is 0 Å². The number of nitrogens with one attached hydrogen (secondary N) is 2. The normalized spacial score (nSPS) is 24.1. The number of carbonyl (C=O) groups is 2. The zero-order chi connectivity index (χ0) is 14.3. The van der Waals surface area contributed by atoms with Gasteiger partial charge in [0.05, 0.1) is 19.1 Å². The first kappa shape index (κ1) is 15.9. The van der Waals surface area contributed by atoms with E-state index in [-0.39, 0.29) is 17.9 Å². The Morgan fingerprint density at radius 2 is 2.11 bits per heavy atom. The van der Waals surface area contributed by atoms with Crippen molar-refractivity contribution in [2.24, 2.45) is 5.92 Å². The second kappa shape index (κ2) is 8.12. The lowest BCUT2D eigenvalue weighted by Crippen LogP contribution is -2.49. The predicted molar refractivity (Wildman–Crippen MR) is 70.9 cm³/mol. The quantitative estimate of drug-likeness (QED) is 0.594. The van der Waals surface area contributed by atoms with E-state index < -0.39 is 12.0 Å². The molecule has 19 heavy (non-hydrogen) atoms. The molecule has 1 amide bonds. The molecule has 0 bridgehead atoms. The third-order valence-electron chi connectivity index (χ3n) is 3.34. The largest absolute Gasteiger partial charge is 0.480 e. The fourth-order valence-corrected chi connectivity index (χ4v) is 2.22. The van der Waals surface area contributed by atoms with Crippen LogP contribution in [0.4, 0.5) is 0 Å². The van der Waals surface area contributed by atoms with Gasteiger partial charge in [0.2, 0.25) is 5.91 Å². The summed E-state index contributed by atoms with van der Waals surface area (Å²) in [5.74, 6) is -1.50. The van der Waals surface area contributed by atoms with Crippen LogP contribution in [0.2, 0.25) is 0 Å². The van der Waals surface area contributed by atoms with Crippen molar-refractivity contribution >= 4 is 11.9 Å². The van der Waals surface area contributed by atoms with E-state index in [0.717, 1.165) is 19.4 Å². The van der Waals surface area contributed by atoms with E-state index in [1.165, 1.54) is 0 Å². The summed E-state index contributed by atoms with van der Waals surface area (Å²) in [7, 11) is 0. The zero-order valence-electron chi connectivity index (χ0n) is 11.6. The van der Waals surface area contributed by atoms with Crippen molar-refractivity contribution in [1.82, 2.24) is 10.6 Å². The number of rotatable bonds is 8. The summed E-state index contributed by atoms with van der Waals surface area (Å²) >= 11 is 0. The molecule has 1 saturated heterocycles. The van der Waals surface area contributed by atoms with E-state index in [9.17, 15) is 9.59 Å². The number of carboxylic acids is 1. The Labute approximate surface area is 113 Å². The predicted octanol–water partition coefficient (Wildman–Crippen LogP) is 0.371. The van der Waals surface area contributed by atoms with Crippen LogP contribution in [-0.2, 0) is 14.3 Å². The number of ether oxygens (including phenoxy) is 1. The molecule has 3 atom stereocenters. The Bertz CT molecular complexity index is 309. The van der Waals surface area contributed by atoms with Gasteiger partial charge in [-0.1, -0.05) is 26.7 Å². The van der Waals surface area contributed by atoms with E-state index in [1.54, 1.807) is 0 Å². The van der Waals surface area contributed by atoms with Gasteiger partial charge in [0.1, 0.15) is 6.04 Å². The Morgan fingerprint density at radius 1 is 1.37 bits per heavy atom. The van der Waals surface area contributed by atoms with Gasteiger partial charge in [-0.3, -0.25) is 4.79 Å². The van der Waals surface area contributed by atoms with Gasteiger partial charge < -0.3 is 20.5 Å². The summed E-state index contributed by atoms with van der Waals surface area (Å²) in [5, 5.41) is 14.9.